The molecule has 0 aromatic carbocycles. The van der Waals surface area contributed by atoms with Crippen molar-refractivity contribution in [2.45, 2.75) is 471 Å². The first-order chi connectivity index (χ1) is 50.4. The number of hydrogen-bond donors (Lipinski definition) is 3. The molecule has 0 saturated heterocycles. The van der Waals surface area contributed by atoms with Crippen molar-refractivity contribution in [1.29, 1.82) is 0 Å². The second-order valence-electron chi connectivity index (χ2n) is 31.3. The van der Waals surface area contributed by atoms with Gasteiger partial charge in [0.25, 0.3) is 0 Å². The molecule has 0 aromatic heterocycles. The van der Waals surface area contributed by atoms with Gasteiger partial charge < -0.3 is 33.8 Å². The Kier molecular flexibility index (Phi) is 75.0. The number of phosphoric ester groups is 2. The molecule has 3 N–H and O–H groups in total. The van der Waals surface area contributed by atoms with Gasteiger partial charge in [-0.15, -0.1) is 0 Å². The van der Waals surface area contributed by atoms with Gasteiger partial charge in [-0.25, -0.2) is 9.13 Å². The molecule has 0 fully saturated rings. The third-order valence-electron chi connectivity index (χ3n) is 20.3. The van der Waals surface area contributed by atoms with Gasteiger partial charge in [0, 0.05) is 25.7 Å². The SMILES string of the molecule is CCCCCCCCCCCCCCCCCCCCC(=O)OC[C@H](COP(=O)(O)OC[C@@H](O)COP(=O)(O)OC[C@@H](COC(=O)CCCCCCCCCCCC(C)C)OC(=O)CCCCCCCCCCCCCCCCCC)OC(=O)CCCCCCCCCCCCCCCCC(C)CC. The van der Waals surface area contributed by atoms with Crippen LogP contribution < -0.4 is 0 Å². The maximum Gasteiger partial charge on any atom is 0.472 e. The zero-order valence-electron chi connectivity index (χ0n) is 68.3. The minimum Gasteiger partial charge on any atom is -0.462 e. The summed E-state index contributed by atoms with van der Waals surface area (Å²) in [6, 6.07) is 0. The Labute approximate surface area is 638 Å². The van der Waals surface area contributed by atoms with Crippen molar-refractivity contribution >= 4 is 39.5 Å². The molecule has 17 nitrogen and oxygen atoms in total. The molecular formula is C85H166O17P2. The van der Waals surface area contributed by atoms with Crippen molar-refractivity contribution in [3.05, 3.63) is 0 Å². The summed E-state index contributed by atoms with van der Waals surface area (Å²) in [6.07, 6.45) is 67.9. The number of phosphoric acid groups is 2. The molecule has 6 atom stereocenters. The van der Waals surface area contributed by atoms with Gasteiger partial charge in [0.1, 0.15) is 19.3 Å². The Morgan fingerprint density at radius 3 is 0.731 bits per heavy atom. The van der Waals surface area contributed by atoms with Crippen LogP contribution in [-0.4, -0.2) is 96.7 Å². The third-order valence-corrected chi connectivity index (χ3v) is 22.2. The van der Waals surface area contributed by atoms with E-state index in [1.165, 1.54) is 270 Å². The number of rotatable bonds is 84. The van der Waals surface area contributed by atoms with Crippen LogP contribution in [0.5, 0.6) is 0 Å². The Hall–Kier alpha value is -1.94. The van der Waals surface area contributed by atoms with E-state index in [4.69, 9.17) is 37.0 Å². The Bertz CT molecular complexity index is 2000. The molecule has 0 aliphatic rings. The highest BCUT2D eigenvalue weighted by molar-refractivity contribution is 7.47. The highest BCUT2D eigenvalue weighted by Gasteiger charge is 2.30. The zero-order chi connectivity index (χ0) is 76.4. The van der Waals surface area contributed by atoms with Crippen LogP contribution in [0.15, 0.2) is 0 Å². The summed E-state index contributed by atoms with van der Waals surface area (Å²) in [5.74, 6) is -0.512. The first-order valence-corrected chi connectivity index (χ1v) is 47.0. The molecule has 3 unspecified atom stereocenters. The first kappa shape index (κ1) is 102. The quantitative estimate of drug-likeness (QED) is 0.0222. The molecule has 0 spiro atoms. The summed E-state index contributed by atoms with van der Waals surface area (Å²) in [5.41, 5.74) is 0. The van der Waals surface area contributed by atoms with Crippen LogP contribution in [0.2, 0.25) is 0 Å². The third kappa shape index (κ3) is 76.8. The monoisotopic (exact) mass is 1520 g/mol. The van der Waals surface area contributed by atoms with Gasteiger partial charge in [0.15, 0.2) is 12.2 Å². The Morgan fingerprint density at radius 1 is 0.279 bits per heavy atom. The summed E-state index contributed by atoms with van der Waals surface area (Å²) in [7, 11) is -9.93. The summed E-state index contributed by atoms with van der Waals surface area (Å²) < 4.78 is 68.9. The Balaban J connectivity index is 5.26. The lowest BCUT2D eigenvalue weighted by atomic mass is 9.99. The second-order valence-corrected chi connectivity index (χ2v) is 34.2. The van der Waals surface area contributed by atoms with Crippen LogP contribution in [0.1, 0.15) is 452 Å². The minimum atomic E-state index is -4.97. The van der Waals surface area contributed by atoms with Gasteiger partial charge in [-0.2, -0.15) is 0 Å². The van der Waals surface area contributed by atoms with Crippen molar-refractivity contribution in [2.75, 3.05) is 39.6 Å². The van der Waals surface area contributed by atoms with E-state index in [9.17, 15) is 43.2 Å². The molecule has 104 heavy (non-hydrogen) atoms. The number of unbranched alkanes of at least 4 members (excludes halogenated alkanes) is 53. The summed E-state index contributed by atoms with van der Waals surface area (Å²) in [5, 5.41) is 10.7. The van der Waals surface area contributed by atoms with E-state index in [0.717, 1.165) is 102 Å². The number of aliphatic hydroxyl groups excluding tert-OH is 1. The normalized spacial score (nSPS) is 14.1. The number of carbonyl (C=O) groups excluding carboxylic acids is 4. The van der Waals surface area contributed by atoms with Crippen molar-refractivity contribution in [3.63, 3.8) is 0 Å². The summed E-state index contributed by atoms with van der Waals surface area (Å²) in [6.45, 7) is 9.71. The van der Waals surface area contributed by atoms with Crippen molar-refractivity contribution in [1.82, 2.24) is 0 Å². The van der Waals surface area contributed by atoms with Gasteiger partial charge in [-0.3, -0.25) is 37.3 Å². The maximum absolute atomic E-state index is 13.1. The molecule has 0 aliphatic heterocycles. The van der Waals surface area contributed by atoms with E-state index in [0.29, 0.717) is 25.7 Å². The summed E-state index contributed by atoms with van der Waals surface area (Å²) >= 11 is 0. The molecule has 0 radical (unpaired) electrons. The molecule has 0 bridgehead atoms. The molecule has 0 aromatic rings. The van der Waals surface area contributed by atoms with Gasteiger partial charge >= 0.3 is 39.5 Å². The van der Waals surface area contributed by atoms with Crippen molar-refractivity contribution < 1.29 is 80.2 Å². The largest absolute Gasteiger partial charge is 0.472 e. The zero-order valence-corrected chi connectivity index (χ0v) is 70.1. The molecule has 0 rings (SSSR count). The van der Waals surface area contributed by atoms with Crippen molar-refractivity contribution in [3.8, 4) is 0 Å². The lowest BCUT2D eigenvalue weighted by Gasteiger charge is -2.21. The van der Waals surface area contributed by atoms with E-state index in [-0.39, 0.29) is 25.7 Å². The van der Waals surface area contributed by atoms with Gasteiger partial charge in [0.2, 0.25) is 0 Å². The van der Waals surface area contributed by atoms with Crippen LogP contribution in [0.4, 0.5) is 0 Å². The maximum atomic E-state index is 13.1. The molecule has 0 heterocycles. The Morgan fingerprint density at radius 2 is 0.490 bits per heavy atom. The van der Waals surface area contributed by atoms with E-state index < -0.39 is 97.5 Å². The van der Waals surface area contributed by atoms with Crippen LogP contribution in [0.3, 0.4) is 0 Å². The lowest BCUT2D eigenvalue weighted by molar-refractivity contribution is -0.161. The highest BCUT2D eigenvalue weighted by atomic mass is 31.2. The first-order valence-electron chi connectivity index (χ1n) is 44.0. The molecule has 0 saturated carbocycles. The molecule has 0 aliphatic carbocycles. The average Bonchev–Trinajstić information content (AvgIpc) is 0.909. The number of carbonyl (C=O) groups is 4. The number of ether oxygens (including phenoxy) is 4. The van der Waals surface area contributed by atoms with Gasteiger partial charge in [0.05, 0.1) is 26.4 Å². The smallest absolute Gasteiger partial charge is 0.462 e. The fourth-order valence-corrected chi connectivity index (χ4v) is 14.8. The van der Waals surface area contributed by atoms with Gasteiger partial charge in [-0.05, 0) is 37.5 Å². The van der Waals surface area contributed by atoms with Crippen LogP contribution in [0.25, 0.3) is 0 Å². The number of aliphatic hydroxyl groups is 1. The van der Waals surface area contributed by atoms with Crippen LogP contribution >= 0.6 is 15.6 Å². The highest BCUT2D eigenvalue weighted by Crippen LogP contribution is 2.45. The number of hydrogen-bond acceptors (Lipinski definition) is 15. The fraction of sp³-hybridized carbons (Fsp3) is 0.953. The second kappa shape index (κ2) is 76.4. The average molecular weight is 1520 g/mol. The van der Waals surface area contributed by atoms with Crippen molar-refractivity contribution in [2.24, 2.45) is 11.8 Å². The van der Waals surface area contributed by atoms with E-state index in [2.05, 4.69) is 41.5 Å². The number of esters is 4. The minimum absolute atomic E-state index is 0.108. The van der Waals surface area contributed by atoms with Gasteiger partial charge in [-0.1, -0.05) is 401 Å². The van der Waals surface area contributed by atoms with Crippen LogP contribution in [-0.2, 0) is 65.4 Å². The molecule has 19 heteroatoms. The lowest BCUT2D eigenvalue weighted by Crippen LogP contribution is -2.30. The predicted molar refractivity (Wildman–Crippen MR) is 428 cm³/mol. The molecule has 618 valence electrons. The standard InChI is InChI=1S/C85H166O17P2/c1-7-10-12-14-16-18-20-22-24-26-27-29-33-37-43-49-55-61-67-82(87)95-73-80(101-85(90)70-64-58-52-45-39-35-31-30-32-36-42-48-54-60-66-78(6)9-3)75-99-103(91,92)97-71-79(86)72-98-104(93,94)100-76-81(74-96-83(88)68-62-56-50-46-40-41-47-53-59-65-77(4)5)102-84(89)69-63-57-51-44-38-34-28-25-23-21-19-17-15-13-11-8-2/h77-81,86H,7-76H2,1-6H3,(H,91,92)(H,93,94)/t78?,79-,80-,81-/m1/s1. The van der Waals surface area contributed by atoms with E-state index >= 15 is 0 Å². The predicted octanol–water partition coefficient (Wildman–Crippen LogP) is 25.8. The van der Waals surface area contributed by atoms with E-state index in [1.54, 1.807) is 0 Å². The topological polar surface area (TPSA) is 237 Å². The van der Waals surface area contributed by atoms with Crippen LogP contribution in [0, 0.1) is 11.8 Å². The summed E-state index contributed by atoms with van der Waals surface area (Å²) in [4.78, 5) is 73.2. The fourth-order valence-electron chi connectivity index (χ4n) is 13.2. The molecular weight excluding hydrogens is 1350 g/mol. The van der Waals surface area contributed by atoms with E-state index in [1.807, 2.05) is 0 Å². The molecule has 0 amide bonds.